The van der Waals surface area contributed by atoms with Crippen molar-refractivity contribution in [1.82, 2.24) is 9.88 Å². The molecule has 1 aliphatic rings. The molecule has 2 rings (SSSR count). The van der Waals surface area contributed by atoms with Crippen LogP contribution in [0.4, 0.5) is 0 Å². The molecule has 0 saturated carbocycles. The molecule has 1 aromatic rings. The molecule has 0 bridgehead atoms. The number of nitrogens with zero attached hydrogens (tertiary/aromatic N) is 1. The van der Waals surface area contributed by atoms with Crippen molar-refractivity contribution in [1.29, 1.82) is 0 Å². The van der Waals surface area contributed by atoms with E-state index in [1.807, 2.05) is 0 Å². The second-order valence-electron chi connectivity index (χ2n) is 3.79. The van der Waals surface area contributed by atoms with Crippen LogP contribution < -0.4 is 5.56 Å². The van der Waals surface area contributed by atoms with Crippen molar-refractivity contribution in [3.8, 4) is 0 Å². The Morgan fingerprint density at radius 3 is 2.69 bits per heavy atom. The maximum Gasteiger partial charge on any atom is 0.260 e. The number of aryl methyl sites for hydroxylation is 1. The normalized spacial score (nSPS) is 16.2. The molecule has 1 saturated heterocycles. The smallest absolute Gasteiger partial charge is 0.260 e. The molecule has 16 heavy (non-hydrogen) atoms. The van der Waals surface area contributed by atoms with E-state index in [1.165, 1.54) is 0 Å². The van der Waals surface area contributed by atoms with Gasteiger partial charge in [-0.25, -0.2) is 0 Å². The Balaban J connectivity index is 2.23. The van der Waals surface area contributed by atoms with Crippen molar-refractivity contribution in [3.05, 3.63) is 33.7 Å². The second-order valence-corrected chi connectivity index (χ2v) is 3.79. The molecule has 0 spiro atoms. The number of hydrogen-bond acceptors (Lipinski definition) is 3. The lowest BCUT2D eigenvalue weighted by Crippen LogP contribution is -2.42. The molecule has 5 heteroatoms. The number of nitrogens with one attached hydrogen (secondary N) is 1. The molecule has 0 radical (unpaired) electrons. The number of amides is 1. The van der Waals surface area contributed by atoms with E-state index in [9.17, 15) is 9.59 Å². The van der Waals surface area contributed by atoms with Crippen LogP contribution in [0.2, 0.25) is 0 Å². The number of morpholine rings is 1. The molecule has 0 aromatic carbocycles. The van der Waals surface area contributed by atoms with Gasteiger partial charge in [-0.2, -0.15) is 0 Å². The summed E-state index contributed by atoms with van der Waals surface area (Å²) >= 11 is 0. The van der Waals surface area contributed by atoms with Crippen LogP contribution in [0.15, 0.2) is 16.9 Å². The van der Waals surface area contributed by atoms with E-state index < -0.39 is 0 Å². The van der Waals surface area contributed by atoms with Crippen LogP contribution in [0.5, 0.6) is 0 Å². The molecule has 1 N–H and O–H groups in total. The third-order valence-corrected chi connectivity index (χ3v) is 2.58. The number of rotatable bonds is 1. The third kappa shape index (κ3) is 2.14. The van der Waals surface area contributed by atoms with Crippen molar-refractivity contribution < 1.29 is 9.53 Å². The first kappa shape index (κ1) is 10.9. The predicted octanol–water partition coefficient (Wildman–Crippen LogP) is 0.156. The number of hydrogen-bond donors (Lipinski definition) is 1. The number of pyridine rings is 1. The van der Waals surface area contributed by atoms with Gasteiger partial charge in [0.05, 0.1) is 13.2 Å². The van der Waals surface area contributed by atoms with Crippen LogP contribution in [-0.2, 0) is 4.74 Å². The second kappa shape index (κ2) is 4.49. The molecule has 86 valence electrons. The lowest BCUT2D eigenvalue weighted by Gasteiger charge is -2.26. The SMILES string of the molecule is Cc1ccc(C(=O)N2CCOCC2)c(=O)[nH]1. The highest BCUT2D eigenvalue weighted by Crippen LogP contribution is 2.03. The molecule has 1 aliphatic heterocycles. The van der Waals surface area contributed by atoms with Crippen molar-refractivity contribution in [2.45, 2.75) is 6.92 Å². The average Bonchev–Trinajstić information content (AvgIpc) is 2.29. The Morgan fingerprint density at radius 1 is 1.38 bits per heavy atom. The minimum atomic E-state index is -0.323. The van der Waals surface area contributed by atoms with Gasteiger partial charge in [-0.05, 0) is 19.1 Å². The summed E-state index contributed by atoms with van der Waals surface area (Å²) in [5.41, 5.74) is 0.632. The van der Waals surface area contributed by atoms with Gasteiger partial charge in [0.25, 0.3) is 11.5 Å². The fourth-order valence-corrected chi connectivity index (χ4v) is 1.68. The van der Waals surface area contributed by atoms with Crippen molar-refractivity contribution in [3.63, 3.8) is 0 Å². The topological polar surface area (TPSA) is 62.4 Å². The highest BCUT2D eigenvalue weighted by Gasteiger charge is 2.20. The Kier molecular flexibility index (Phi) is 3.05. The summed E-state index contributed by atoms with van der Waals surface area (Å²) in [6.45, 7) is 3.95. The van der Waals surface area contributed by atoms with Crippen LogP contribution in [-0.4, -0.2) is 42.1 Å². The lowest BCUT2D eigenvalue weighted by molar-refractivity contribution is 0.0301. The Hall–Kier alpha value is -1.62. The summed E-state index contributed by atoms with van der Waals surface area (Å²) in [7, 11) is 0. The number of carbonyl (C=O) groups is 1. The van der Waals surface area contributed by atoms with Crippen molar-refractivity contribution in [2.24, 2.45) is 0 Å². The zero-order valence-electron chi connectivity index (χ0n) is 9.16. The maximum absolute atomic E-state index is 12.0. The van der Waals surface area contributed by atoms with Crippen LogP contribution in [0.3, 0.4) is 0 Å². The molecular formula is C11H14N2O3. The number of aromatic amines is 1. The highest BCUT2D eigenvalue weighted by molar-refractivity contribution is 5.93. The van der Waals surface area contributed by atoms with Crippen LogP contribution in [0, 0.1) is 6.92 Å². The van der Waals surface area contributed by atoms with Crippen molar-refractivity contribution in [2.75, 3.05) is 26.3 Å². The maximum atomic E-state index is 12.0. The predicted molar refractivity (Wildman–Crippen MR) is 58.5 cm³/mol. The summed E-state index contributed by atoms with van der Waals surface area (Å²) in [5.74, 6) is -0.218. The van der Waals surface area contributed by atoms with Gasteiger partial charge in [0, 0.05) is 18.8 Å². The van der Waals surface area contributed by atoms with E-state index in [-0.39, 0.29) is 17.0 Å². The number of carbonyl (C=O) groups excluding carboxylic acids is 1. The molecule has 0 aliphatic carbocycles. The van der Waals surface area contributed by atoms with Crippen molar-refractivity contribution >= 4 is 5.91 Å². The van der Waals surface area contributed by atoms with E-state index in [0.29, 0.717) is 26.3 Å². The molecule has 0 atom stereocenters. The summed E-state index contributed by atoms with van der Waals surface area (Å²) in [5, 5.41) is 0. The minimum absolute atomic E-state index is 0.201. The molecule has 5 nitrogen and oxygen atoms in total. The van der Waals surface area contributed by atoms with Gasteiger partial charge >= 0.3 is 0 Å². The Labute approximate surface area is 93.0 Å². The molecular weight excluding hydrogens is 208 g/mol. The summed E-state index contributed by atoms with van der Waals surface area (Å²) in [4.78, 5) is 27.8. The fraction of sp³-hybridized carbons (Fsp3) is 0.455. The van der Waals surface area contributed by atoms with E-state index in [1.54, 1.807) is 24.0 Å². The van der Waals surface area contributed by atoms with Gasteiger partial charge in [0.2, 0.25) is 0 Å². The third-order valence-electron chi connectivity index (χ3n) is 2.58. The van der Waals surface area contributed by atoms with Gasteiger partial charge < -0.3 is 14.6 Å². The summed E-state index contributed by atoms with van der Waals surface area (Å²) in [6, 6.07) is 3.31. The van der Waals surface area contributed by atoms with E-state index in [0.717, 1.165) is 5.69 Å². The quantitative estimate of drug-likeness (QED) is 0.736. The largest absolute Gasteiger partial charge is 0.378 e. The summed E-state index contributed by atoms with van der Waals surface area (Å²) in [6.07, 6.45) is 0. The van der Waals surface area contributed by atoms with E-state index in [4.69, 9.17) is 4.74 Å². The van der Waals surface area contributed by atoms with E-state index in [2.05, 4.69) is 4.98 Å². The molecule has 0 unspecified atom stereocenters. The minimum Gasteiger partial charge on any atom is -0.378 e. The number of H-pyrrole nitrogens is 1. The van der Waals surface area contributed by atoms with Gasteiger partial charge in [0.15, 0.2) is 0 Å². The average molecular weight is 222 g/mol. The summed E-state index contributed by atoms with van der Waals surface area (Å²) < 4.78 is 5.16. The highest BCUT2D eigenvalue weighted by atomic mass is 16.5. The van der Waals surface area contributed by atoms with Gasteiger partial charge in [-0.15, -0.1) is 0 Å². The molecule has 2 heterocycles. The first-order valence-electron chi connectivity index (χ1n) is 5.25. The van der Waals surface area contributed by atoms with Crippen LogP contribution in [0.1, 0.15) is 16.1 Å². The number of aromatic nitrogens is 1. The Bertz CT molecular complexity index is 447. The van der Waals surface area contributed by atoms with Crippen LogP contribution >= 0.6 is 0 Å². The lowest BCUT2D eigenvalue weighted by atomic mass is 10.2. The Morgan fingerprint density at radius 2 is 2.06 bits per heavy atom. The van der Waals surface area contributed by atoms with E-state index >= 15 is 0 Å². The van der Waals surface area contributed by atoms with Gasteiger partial charge in [-0.1, -0.05) is 0 Å². The van der Waals surface area contributed by atoms with Crippen LogP contribution in [0.25, 0.3) is 0 Å². The molecule has 1 fully saturated rings. The standard InChI is InChI=1S/C11H14N2O3/c1-8-2-3-9(10(14)12-8)11(15)13-4-6-16-7-5-13/h2-3H,4-7H2,1H3,(H,12,14). The van der Waals surface area contributed by atoms with Gasteiger partial charge in [-0.3, -0.25) is 9.59 Å². The molecule has 1 amide bonds. The van der Waals surface area contributed by atoms with Gasteiger partial charge in [0.1, 0.15) is 5.56 Å². The monoisotopic (exact) mass is 222 g/mol. The zero-order valence-corrected chi connectivity index (χ0v) is 9.16. The first-order valence-corrected chi connectivity index (χ1v) is 5.25. The first-order chi connectivity index (χ1) is 7.68. The molecule has 1 aromatic heterocycles. The fourth-order valence-electron chi connectivity index (χ4n) is 1.68. The zero-order chi connectivity index (χ0) is 11.5. The number of ether oxygens (including phenoxy) is 1.